The number of methoxy groups -OCH3 is 1. The van der Waals surface area contributed by atoms with Gasteiger partial charge in [0, 0.05) is 17.7 Å². The van der Waals surface area contributed by atoms with Crippen LogP contribution in [0.1, 0.15) is 17.2 Å². The summed E-state index contributed by atoms with van der Waals surface area (Å²) < 4.78 is 34.1. The van der Waals surface area contributed by atoms with E-state index in [0.717, 1.165) is 6.07 Å². The fourth-order valence-corrected chi connectivity index (χ4v) is 4.91. The Morgan fingerprint density at radius 1 is 0.881 bits per heavy atom. The van der Waals surface area contributed by atoms with Gasteiger partial charge in [0.05, 0.1) is 25.9 Å². The summed E-state index contributed by atoms with van der Waals surface area (Å²) in [6.45, 7) is -1.14. The minimum absolute atomic E-state index is 0.0457. The van der Waals surface area contributed by atoms with Gasteiger partial charge in [-0.05, 0) is 18.2 Å². The molecule has 0 saturated carbocycles. The fraction of sp³-hybridized carbons (Fsp3) is 0.481. The molecule has 3 heterocycles. The Kier molecular flexibility index (Phi) is 8.66. The topological polar surface area (TPSA) is 237 Å². The highest BCUT2D eigenvalue weighted by Crippen LogP contribution is 2.45. The monoisotopic (exact) mass is 596 g/mol. The molecule has 5 rings (SSSR count). The van der Waals surface area contributed by atoms with Crippen LogP contribution in [0.25, 0.3) is 6.08 Å². The molecule has 3 aliphatic rings. The molecule has 15 nitrogen and oxygen atoms in total. The summed E-state index contributed by atoms with van der Waals surface area (Å²) in [5.74, 6) is -0.681. The number of aliphatic hydroxyl groups excluding tert-OH is 6. The molecule has 0 aliphatic carbocycles. The molecule has 10 atom stereocenters. The van der Waals surface area contributed by atoms with Crippen molar-refractivity contribution in [2.45, 2.75) is 61.4 Å². The van der Waals surface area contributed by atoms with E-state index in [1.807, 2.05) is 0 Å². The van der Waals surface area contributed by atoms with Crippen molar-refractivity contribution in [2.24, 2.45) is 0 Å². The van der Waals surface area contributed by atoms with Gasteiger partial charge >= 0.3 is 0 Å². The number of aromatic hydroxyl groups is 3. The van der Waals surface area contributed by atoms with Crippen LogP contribution in [0.5, 0.6) is 28.7 Å². The molecule has 230 valence electrons. The average Bonchev–Trinajstić information content (AvgIpc) is 2.97. The van der Waals surface area contributed by atoms with Crippen molar-refractivity contribution in [3.63, 3.8) is 0 Å². The minimum atomic E-state index is -1.77. The van der Waals surface area contributed by atoms with E-state index in [1.54, 1.807) is 0 Å². The third kappa shape index (κ3) is 5.66. The number of ether oxygens (including phenoxy) is 6. The number of phenols is 3. The summed E-state index contributed by atoms with van der Waals surface area (Å²) in [4.78, 5) is 0. The molecule has 2 aromatic rings. The molecule has 2 fully saturated rings. The number of phenolic OH excluding ortho intramolecular Hbond substituents is 3. The first-order valence-electron chi connectivity index (χ1n) is 12.9. The molecule has 9 N–H and O–H groups in total. The van der Waals surface area contributed by atoms with Crippen molar-refractivity contribution in [1.29, 1.82) is 0 Å². The third-order valence-corrected chi connectivity index (χ3v) is 7.22. The lowest BCUT2D eigenvalue weighted by Gasteiger charge is -2.45. The standard InChI is InChI=1S/C27H32O15/c1-37-17-4-10(2-3-13(17)30)24-18(7-12-14(31)5-11(29)6-16(12)39-24)40-27-25(22(35)21(34)19(8-28)41-27)42-26-23(36)20(33)15(32)9-38-26/h2-7,15,19-36H,8-9H2,1H3. The number of hydrogen-bond donors (Lipinski definition) is 9. The van der Waals surface area contributed by atoms with Gasteiger partial charge in [0.2, 0.25) is 6.29 Å². The number of aliphatic hydroxyl groups is 6. The van der Waals surface area contributed by atoms with Crippen LogP contribution < -0.4 is 9.47 Å². The Morgan fingerprint density at radius 3 is 2.36 bits per heavy atom. The van der Waals surface area contributed by atoms with Crippen LogP contribution >= 0.6 is 0 Å². The minimum Gasteiger partial charge on any atom is -0.508 e. The van der Waals surface area contributed by atoms with E-state index >= 15 is 0 Å². The molecular weight excluding hydrogens is 564 g/mol. The van der Waals surface area contributed by atoms with Crippen molar-refractivity contribution < 1.29 is 74.4 Å². The Bertz CT molecular complexity index is 1300. The third-order valence-electron chi connectivity index (χ3n) is 7.22. The van der Waals surface area contributed by atoms with Crippen LogP contribution in [0.2, 0.25) is 0 Å². The van der Waals surface area contributed by atoms with Crippen molar-refractivity contribution in [2.75, 3.05) is 20.3 Å². The average molecular weight is 597 g/mol. The van der Waals surface area contributed by atoms with Gasteiger partial charge in [-0.15, -0.1) is 0 Å². The number of hydrogen-bond acceptors (Lipinski definition) is 15. The number of benzene rings is 2. The van der Waals surface area contributed by atoms with Crippen LogP contribution in [-0.2, 0) is 18.9 Å². The predicted molar refractivity (Wildman–Crippen MR) is 137 cm³/mol. The Balaban J connectivity index is 1.52. The molecule has 0 radical (unpaired) electrons. The van der Waals surface area contributed by atoms with Gasteiger partial charge in [-0.3, -0.25) is 0 Å². The van der Waals surface area contributed by atoms with Crippen molar-refractivity contribution >= 4 is 6.08 Å². The first-order chi connectivity index (χ1) is 20.0. The maximum Gasteiger partial charge on any atom is 0.229 e. The summed E-state index contributed by atoms with van der Waals surface area (Å²) in [6.07, 6.45) is -14.1. The summed E-state index contributed by atoms with van der Waals surface area (Å²) in [5.41, 5.74) is 0.487. The van der Waals surface area contributed by atoms with Crippen LogP contribution in [-0.4, -0.2) is 122 Å². The summed E-state index contributed by atoms with van der Waals surface area (Å²) >= 11 is 0. The normalized spacial score (nSPS) is 34.6. The summed E-state index contributed by atoms with van der Waals surface area (Å²) in [6, 6.07) is 6.63. The molecule has 0 spiro atoms. The van der Waals surface area contributed by atoms with E-state index in [4.69, 9.17) is 28.4 Å². The molecular formula is C27H32O15. The first kappa shape index (κ1) is 30.1. The SMILES string of the molecule is COc1cc(C2Oc3cc(O)cc(O)c3C=C2OC2OC(CO)C(O)C(O)C2OC2OCC(O)C(O)C2O)ccc1O. The van der Waals surface area contributed by atoms with E-state index < -0.39 is 74.6 Å². The highest BCUT2D eigenvalue weighted by Gasteiger charge is 2.50. The van der Waals surface area contributed by atoms with E-state index in [2.05, 4.69) is 0 Å². The largest absolute Gasteiger partial charge is 0.508 e. The van der Waals surface area contributed by atoms with E-state index in [9.17, 15) is 46.0 Å². The zero-order valence-electron chi connectivity index (χ0n) is 22.1. The van der Waals surface area contributed by atoms with Gasteiger partial charge in [-0.1, -0.05) is 6.07 Å². The lowest BCUT2D eigenvalue weighted by Crippen LogP contribution is -2.63. The highest BCUT2D eigenvalue weighted by atomic mass is 16.8. The predicted octanol–water partition coefficient (Wildman–Crippen LogP) is -1.43. The Labute approximate surface area is 238 Å². The van der Waals surface area contributed by atoms with Gasteiger partial charge in [-0.25, -0.2) is 0 Å². The van der Waals surface area contributed by atoms with Crippen LogP contribution in [0, 0.1) is 0 Å². The van der Waals surface area contributed by atoms with Gasteiger partial charge in [0.1, 0.15) is 59.6 Å². The lowest BCUT2D eigenvalue weighted by atomic mass is 9.98. The van der Waals surface area contributed by atoms with Gasteiger partial charge in [0.15, 0.2) is 30.0 Å². The van der Waals surface area contributed by atoms with Gasteiger partial charge in [-0.2, -0.15) is 0 Å². The maximum absolute atomic E-state index is 10.9. The van der Waals surface area contributed by atoms with Crippen molar-refractivity contribution in [1.82, 2.24) is 0 Å². The fourth-order valence-electron chi connectivity index (χ4n) is 4.91. The summed E-state index contributed by atoms with van der Waals surface area (Å²) in [5, 5.41) is 92.1. The number of fused-ring (bicyclic) bond motifs is 1. The van der Waals surface area contributed by atoms with Gasteiger partial charge < -0.3 is 74.4 Å². The number of rotatable bonds is 7. The summed E-state index contributed by atoms with van der Waals surface area (Å²) in [7, 11) is 1.34. The van der Waals surface area contributed by atoms with Gasteiger partial charge in [0.25, 0.3) is 0 Å². The molecule has 3 aliphatic heterocycles. The zero-order chi connectivity index (χ0) is 30.3. The molecule has 0 amide bonds. The Morgan fingerprint density at radius 2 is 1.64 bits per heavy atom. The molecule has 42 heavy (non-hydrogen) atoms. The smallest absolute Gasteiger partial charge is 0.229 e. The molecule has 0 bridgehead atoms. The second-order valence-corrected chi connectivity index (χ2v) is 10.0. The molecule has 2 aromatic carbocycles. The first-order valence-corrected chi connectivity index (χ1v) is 12.9. The molecule has 0 aromatic heterocycles. The lowest BCUT2D eigenvalue weighted by molar-refractivity contribution is -0.352. The quantitative estimate of drug-likeness (QED) is 0.178. The van der Waals surface area contributed by atoms with E-state index in [1.165, 1.54) is 37.5 Å². The van der Waals surface area contributed by atoms with Crippen LogP contribution in [0.15, 0.2) is 36.1 Å². The van der Waals surface area contributed by atoms with Crippen molar-refractivity contribution in [3.05, 3.63) is 47.2 Å². The second-order valence-electron chi connectivity index (χ2n) is 10.0. The van der Waals surface area contributed by atoms with Crippen LogP contribution in [0.4, 0.5) is 0 Å². The highest BCUT2D eigenvalue weighted by molar-refractivity contribution is 5.69. The Hall–Kier alpha value is -3.38. The van der Waals surface area contributed by atoms with E-state index in [0.29, 0.717) is 5.56 Å². The molecule has 10 unspecified atom stereocenters. The van der Waals surface area contributed by atoms with Crippen molar-refractivity contribution in [3.8, 4) is 28.7 Å². The molecule has 2 saturated heterocycles. The second kappa shape index (κ2) is 12.1. The van der Waals surface area contributed by atoms with E-state index in [-0.39, 0.29) is 40.1 Å². The zero-order valence-corrected chi connectivity index (χ0v) is 22.1. The maximum atomic E-state index is 10.9. The molecule has 15 heteroatoms. The van der Waals surface area contributed by atoms with Crippen LogP contribution in [0.3, 0.4) is 0 Å².